The summed E-state index contributed by atoms with van der Waals surface area (Å²) in [7, 11) is 0. The second kappa shape index (κ2) is 11.8. The van der Waals surface area contributed by atoms with Crippen molar-refractivity contribution in [3.63, 3.8) is 0 Å². The van der Waals surface area contributed by atoms with E-state index in [2.05, 4.69) is 144 Å². The van der Waals surface area contributed by atoms with Crippen molar-refractivity contribution < 1.29 is 0 Å². The summed E-state index contributed by atoms with van der Waals surface area (Å²) in [6, 6.07) is 41.3. The van der Waals surface area contributed by atoms with Crippen molar-refractivity contribution in [2.24, 2.45) is 9.98 Å². The topological polar surface area (TPSA) is 105 Å². The number of fused-ring (bicyclic) bond motifs is 6. The molecule has 8 bridgehead atoms. The van der Waals surface area contributed by atoms with E-state index in [0.717, 1.165) is 73.3 Å². The number of H-pyrrole nitrogens is 1. The third kappa shape index (κ3) is 4.89. The molecule has 0 fully saturated rings. The van der Waals surface area contributed by atoms with Gasteiger partial charge in [0.25, 0.3) is 0 Å². The lowest BCUT2D eigenvalue weighted by Gasteiger charge is -2.40. The van der Waals surface area contributed by atoms with Crippen molar-refractivity contribution in [1.29, 1.82) is 0 Å². The van der Waals surface area contributed by atoms with Gasteiger partial charge >= 0.3 is 0 Å². The van der Waals surface area contributed by atoms with Crippen LogP contribution < -0.4 is 16.8 Å². The maximum absolute atomic E-state index is 6.26. The van der Waals surface area contributed by atoms with Gasteiger partial charge in [-0.3, -0.25) is 4.99 Å². The van der Waals surface area contributed by atoms with Gasteiger partial charge in [-0.1, -0.05) is 91.0 Å². The Morgan fingerprint density at radius 1 is 0.540 bits per heavy atom. The number of nitrogen functional groups attached to an aromatic ring is 2. The summed E-state index contributed by atoms with van der Waals surface area (Å²) in [5.41, 5.74) is 25.9. The van der Waals surface area contributed by atoms with Gasteiger partial charge in [-0.05, 0) is 95.1 Å². The Morgan fingerprint density at radius 2 is 1.12 bits per heavy atom. The molecule has 0 saturated heterocycles. The highest BCUT2D eigenvalue weighted by Gasteiger charge is 2.47. The van der Waals surface area contributed by atoms with Gasteiger partial charge < -0.3 is 21.8 Å². The number of nitrogens with one attached hydrogen (secondary N) is 2. The number of nitrogens with zero attached hydrogens (tertiary/aromatic N) is 2. The quantitative estimate of drug-likeness (QED) is 0.148. The Balaban J connectivity index is 1.35. The molecule has 0 saturated carbocycles. The van der Waals surface area contributed by atoms with Crippen molar-refractivity contribution in [2.75, 3.05) is 11.5 Å². The fraction of sp³-hybridized carbons (Fsp3) is 0.0455. The van der Waals surface area contributed by atoms with E-state index in [1.54, 1.807) is 0 Å². The molecule has 0 amide bonds. The number of allylic oxidation sites excluding steroid dienone is 6. The Kier molecular flexibility index (Phi) is 6.95. The van der Waals surface area contributed by atoms with Gasteiger partial charge in [0, 0.05) is 39.6 Å². The van der Waals surface area contributed by atoms with Gasteiger partial charge in [-0.25, -0.2) is 4.99 Å². The Hall–Kier alpha value is -6.66. The van der Waals surface area contributed by atoms with E-state index in [0.29, 0.717) is 11.4 Å². The summed E-state index contributed by atoms with van der Waals surface area (Å²) in [5, 5.41) is 3.87. The van der Waals surface area contributed by atoms with Gasteiger partial charge in [0.1, 0.15) is 0 Å². The smallest absolute Gasteiger partial charge is 0.0861 e. The first-order valence-corrected chi connectivity index (χ1v) is 16.8. The maximum atomic E-state index is 6.26. The predicted octanol–water partition coefficient (Wildman–Crippen LogP) is 8.13. The van der Waals surface area contributed by atoms with E-state index in [1.807, 2.05) is 30.3 Å². The number of hydrogen-bond acceptors (Lipinski definition) is 5. The van der Waals surface area contributed by atoms with Crippen LogP contribution in [0.1, 0.15) is 33.6 Å². The molecule has 9 rings (SSSR count). The molecule has 5 heterocycles. The van der Waals surface area contributed by atoms with Gasteiger partial charge in [-0.2, -0.15) is 0 Å². The second-order valence-electron chi connectivity index (χ2n) is 12.9. The van der Waals surface area contributed by atoms with E-state index < -0.39 is 5.41 Å². The summed E-state index contributed by atoms with van der Waals surface area (Å²) < 4.78 is 0. The summed E-state index contributed by atoms with van der Waals surface area (Å²) >= 11 is 0. The maximum Gasteiger partial charge on any atom is 0.0861 e. The Bertz CT molecular complexity index is 2380. The largest absolute Gasteiger partial charge is 0.399 e. The van der Waals surface area contributed by atoms with E-state index in [4.69, 9.17) is 21.5 Å². The van der Waals surface area contributed by atoms with Crippen LogP contribution in [-0.4, -0.2) is 22.4 Å². The predicted molar refractivity (Wildman–Crippen MR) is 206 cm³/mol. The molecule has 6 N–H and O–H groups in total. The Labute approximate surface area is 291 Å². The van der Waals surface area contributed by atoms with Crippen LogP contribution in [0.4, 0.5) is 11.4 Å². The van der Waals surface area contributed by atoms with Crippen LogP contribution in [0.2, 0.25) is 0 Å². The van der Waals surface area contributed by atoms with Crippen LogP contribution in [0.5, 0.6) is 0 Å². The first-order chi connectivity index (χ1) is 24.6. The molecule has 0 radical (unpaired) electrons. The standard InChI is InChI=1S/C44H34N6/c45-32-15-11-29(12-16-32)43-38-23-22-37(49-38)42(28-7-3-1-4-8-28)36-21-19-34(47-36)27-35-20-25-40(48-35)44(30-9-5-2-6-10-30,41-26-24-39(43)50-41)31-13-17-33(46)18-14-31/h1-27,40,48-49H,45-46H2. The molecule has 0 aliphatic carbocycles. The van der Waals surface area contributed by atoms with E-state index in [9.17, 15) is 0 Å². The lowest BCUT2D eigenvalue weighted by Crippen LogP contribution is -2.51. The highest BCUT2D eigenvalue weighted by Crippen LogP contribution is 2.44. The fourth-order valence-electron chi connectivity index (χ4n) is 7.55. The van der Waals surface area contributed by atoms with Crippen molar-refractivity contribution in [3.05, 3.63) is 215 Å². The molecule has 50 heavy (non-hydrogen) atoms. The molecule has 240 valence electrons. The van der Waals surface area contributed by atoms with Crippen LogP contribution in [0, 0.1) is 0 Å². The van der Waals surface area contributed by atoms with Crippen LogP contribution >= 0.6 is 0 Å². The number of hydrogen-bond donors (Lipinski definition) is 4. The normalized spacial score (nSPS) is 20.6. The number of aliphatic imine (C=N–C) groups is 2. The minimum Gasteiger partial charge on any atom is -0.399 e. The highest BCUT2D eigenvalue weighted by molar-refractivity contribution is 6.12. The fourth-order valence-corrected chi connectivity index (χ4v) is 7.55. The zero-order valence-electron chi connectivity index (χ0n) is 27.2. The Morgan fingerprint density at radius 3 is 1.82 bits per heavy atom. The van der Waals surface area contributed by atoms with E-state index >= 15 is 0 Å². The molecule has 0 spiro atoms. The van der Waals surface area contributed by atoms with Crippen molar-refractivity contribution in [2.45, 2.75) is 11.5 Å². The van der Waals surface area contributed by atoms with Crippen LogP contribution in [0.3, 0.4) is 0 Å². The molecular weight excluding hydrogens is 613 g/mol. The average molecular weight is 647 g/mol. The van der Waals surface area contributed by atoms with Crippen molar-refractivity contribution >= 4 is 33.9 Å². The second-order valence-corrected chi connectivity index (χ2v) is 12.9. The molecular formula is C44H34N6. The zero-order valence-corrected chi connectivity index (χ0v) is 27.2. The van der Waals surface area contributed by atoms with E-state index in [-0.39, 0.29) is 6.04 Å². The van der Waals surface area contributed by atoms with Gasteiger partial charge in [0.2, 0.25) is 0 Å². The number of rotatable bonds is 4. The molecule has 6 heteroatoms. The molecule has 6 nitrogen and oxygen atoms in total. The van der Waals surface area contributed by atoms with Gasteiger partial charge in [-0.15, -0.1) is 0 Å². The monoisotopic (exact) mass is 646 g/mol. The van der Waals surface area contributed by atoms with Crippen molar-refractivity contribution in [1.82, 2.24) is 10.3 Å². The summed E-state index contributed by atoms with van der Waals surface area (Å²) in [6.45, 7) is 0. The number of aromatic amines is 1. The van der Waals surface area contributed by atoms with Gasteiger partial charge in [0.15, 0.2) is 0 Å². The van der Waals surface area contributed by atoms with Crippen molar-refractivity contribution in [3.8, 4) is 0 Å². The number of nitrogens with two attached hydrogens (primary N) is 2. The highest BCUT2D eigenvalue weighted by atomic mass is 15.0. The number of benzene rings is 4. The number of aromatic nitrogens is 1. The summed E-state index contributed by atoms with van der Waals surface area (Å²) in [6.07, 6.45) is 15.0. The lowest BCUT2D eigenvalue weighted by molar-refractivity contribution is 0.547. The first-order valence-electron chi connectivity index (χ1n) is 16.8. The molecule has 2 atom stereocenters. The van der Waals surface area contributed by atoms with Gasteiger partial charge in [0.05, 0.1) is 34.3 Å². The van der Waals surface area contributed by atoms with Crippen LogP contribution in [0.25, 0.3) is 11.1 Å². The zero-order chi connectivity index (χ0) is 33.7. The van der Waals surface area contributed by atoms with Crippen LogP contribution in [-0.2, 0) is 5.41 Å². The minimum absolute atomic E-state index is 0.173. The third-order valence-corrected chi connectivity index (χ3v) is 9.86. The molecule has 4 aliphatic rings. The molecule has 4 aliphatic heterocycles. The molecule has 1 aromatic heterocycles. The minimum atomic E-state index is -0.706. The summed E-state index contributed by atoms with van der Waals surface area (Å²) in [4.78, 5) is 14.5. The summed E-state index contributed by atoms with van der Waals surface area (Å²) in [5.74, 6) is 0. The average Bonchev–Trinajstić information content (AvgIpc) is 3.98. The molecule has 4 aromatic carbocycles. The van der Waals surface area contributed by atoms with Crippen LogP contribution in [0.15, 0.2) is 191 Å². The lowest BCUT2D eigenvalue weighted by atomic mass is 9.66. The SMILES string of the molecule is Nc1ccc(C2=C3C=CC(=N3)C(c3ccccc3)(c3ccc(N)cc3)C3C=CC(=CC4=NC(=C(c5ccccc5)c5ccc2[nH]5)C=C4)N3)cc1. The molecule has 2 unspecified atom stereocenters. The number of anilines is 2. The van der Waals surface area contributed by atoms with E-state index in [1.165, 1.54) is 0 Å². The molecule has 5 aromatic rings. The first kappa shape index (κ1) is 29.5. The third-order valence-electron chi connectivity index (χ3n) is 9.86.